The second-order valence-electron chi connectivity index (χ2n) is 5.08. The number of nitrogens with zero attached hydrogens (tertiary/aromatic N) is 2. The Morgan fingerprint density at radius 3 is 2.68 bits per heavy atom. The van der Waals surface area contributed by atoms with E-state index in [0.717, 1.165) is 31.0 Å². The van der Waals surface area contributed by atoms with Crippen molar-refractivity contribution in [3.05, 3.63) is 47.8 Å². The molecular formula is C16H23N3. The first-order chi connectivity index (χ1) is 9.20. The van der Waals surface area contributed by atoms with Crippen LogP contribution in [0.4, 0.5) is 5.95 Å². The normalized spacial score (nSPS) is 12.4. The zero-order chi connectivity index (χ0) is 13.7. The van der Waals surface area contributed by atoms with Gasteiger partial charge >= 0.3 is 0 Å². The molecule has 0 aliphatic heterocycles. The first-order valence-corrected chi connectivity index (χ1v) is 7.04. The lowest BCUT2D eigenvalue weighted by Crippen LogP contribution is -2.13. The van der Waals surface area contributed by atoms with Crippen LogP contribution < -0.4 is 5.32 Å². The Morgan fingerprint density at radius 1 is 1.26 bits per heavy atom. The highest BCUT2D eigenvalue weighted by Gasteiger charge is 2.11. The molecule has 2 aromatic rings. The molecule has 19 heavy (non-hydrogen) atoms. The summed E-state index contributed by atoms with van der Waals surface area (Å²) in [6.07, 6.45) is 4.27. The Bertz CT molecular complexity index is 502. The Kier molecular flexibility index (Phi) is 4.61. The van der Waals surface area contributed by atoms with Gasteiger partial charge in [-0.2, -0.15) is 0 Å². The summed E-state index contributed by atoms with van der Waals surface area (Å²) < 4.78 is 2.25. The second kappa shape index (κ2) is 6.41. The van der Waals surface area contributed by atoms with Crippen molar-refractivity contribution in [1.29, 1.82) is 0 Å². The molecule has 0 saturated carbocycles. The Balaban J connectivity index is 2.11. The molecule has 1 aromatic heterocycles. The SMILES string of the molecule is CCCNc1nc(C)cn1C(C)Cc1ccccc1. The minimum Gasteiger partial charge on any atom is -0.356 e. The van der Waals surface area contributed by atoms with E-state index in [-0.39, 0.29) is 0 Å². The van der Waals surface area contributed by atoms with Gasteiger partial charge in [-0.15, -0.1) is 0 Å². The standard InChI is InChI=1S/C16H23N3/c1-4-10-17-16-18-13(2)12-19(16)14(3)11-15-8-6-5-7-9-15/h5-9,12,14H,4,10-11H2,1-3H3,(H,17,18). The van der Waals surface area contributed by atoms with E-state index in [1.165, 1.54) is 5.56 Å². The maximum Gasteiger partial charge on any atom is 0.203 e. The average molecular weight is 257 g/mol. The lowest BCUT2D eigenvalue weighted by molar-refractivity contribution is 0.548. The Labute approximate surface area is 115 Å². The van der Waals surface area contributed by atoms with E-state index in [1.54, 1.807) is 0 Å². The van der Waals surface area contributed by atoms with Crippen molar-refractivity contribution in [2.24, 2.45) is 0 Å². The molecule has 0 saturated heterocycles. The van der Waals surface area contributed by atoms with E-state index >= 15 is 0 Å². The highest BCUT2D eigenvalue weighted by atomic mass is 15.2. The van der Waals surface area contributed by atoms with Gasteiger partial charge < -0.3 is 9.88 Å². The first kappa shape index (κ1) is 13.7. The topological polar surface area (TPSA) is 29.9 Å². The molecular weight excluding hydrogens is 234 g/mol. The highest BCUT2D eigenvalue weighted by Crippen LogP contribution is 2.19. The molecule has 0 aliphatic rings. The van der Waals surface area contributed by atoms with Crippen LogP contribution in [0.25, 0.3) is 0 Å². The number of nitrogens with one attached hydrogen (secondary N) is 1. The monoisotopic (exact) mass is 257 g/mol. The van der Waals surface area contributed by atoms with Crippen LogP contribution in [0.2, 0.25) is 0 Å². The molecule has 0 fully saturated rings. The predicted molar refractivity (Wildman–Crippen MR) is 80.6 cm³/mol. The third-order valence-corrected chi connectivity index (χ3v) is 3.23. The number of anilines is 1. The van der Waals surface area contributed by atoms with Gasteiger partial charge in [0.2, 0.25) is 5.95 Å². The maximum atomic E-state index is 4.56. The highest BCUT2D eigenvalue weighted by molar-refractivity contribution is 5.30. The molecule has 1 aromatic carbocycles. The van der Waals surface area contributed by atoms with Crippen LogP contribution in [-0.4, -0.2) is 16.1 Å². The van der Waals surface area contributed by atoms with Gasteiger partial charge in [0, 0.05) is 18.8 Å². The van der Waals surface area contributed by atoms with Gasteiger partial charge in [0.25, 0.3) is 0 Å². The fourth-order valence-electron chi connectivity index (χ4n) is 2.27. The van der Waals surface area contributed by atoms with Crippen molar-refractivity contribution in [3.63, 3.8) is 0 Å². The third-order valence-electron chi connectivity index (χ3n) is 3.23. The van der Waals surface area contributed by atoms with Gasteiger partial charge in [0.1, 0.15) is 0 Å². The van der Waals surface area contributed by atoms with E-state index in [1.807, 2.05) is 6.92 Å². The van der Waals surface area contributed by atoms with E-state index in [9.17, 15) is 0 Å². The van der Waals surface area contributed by atoms with Crippen molar-refractivity contribution < 1.29 is 0 Å². The zero-order valence-electron chi connectivity index (χ0n) is 12.1. The molecule has 3 heteroatoms. The number of aryl methyl sites for hydroxylation is 1. The molecule has 0 radical (unpaired) electrons. The van der Waals surface area contributed by atoms with Gasteiger partial charge in [-0.25, -0.2) is 4.98 Å². The van der Waals surface area contributed by atoms with E-state index < -0.39 is 0 Å². The number of hydrogen-bond donors (Lipinski definition) is 1. The summed E-state index contributed by atoms with van der Waals surface area (Å²) in [5.41, 5.74) is 2.43. The van der Waals surface area contributed by atoms with Crippen molar-refractivity contribution in [2.75, 3.05) is 11.9 Å². The summed E-state index contributed by atoms with van der Waals surface area (Å²) in [6, 6.07) is 11.0. The van der Waals surface area contributed by atoms with Crippen molar-refractivity contribution in [1.82, 2.24) is 9.55 Å². The predicted octanol–water partition coefficient (Wildman–Crippen LogP) is 3.82. The smallest absolute Gasteiger partial charge is 0.203 e. The number of hydrogen-bond acceptors (Lipinski definition) is 2. The summed E-state index contributed by atoms with van der Waals surface area (Å²) in [7, 11) is 0. The summed E-state index contributed by atoms with van der Waals surface area (Å²) in [6.45, 7) is 7.42. The van der Waals surface area contributed by atoms with Gasteiger partial charge in [0.05, 0.1) is 5.69 Å². The molecule has 3 nitrogen and oxygen atoms in total. The molecule has 102 valence electrons. The summed E-state index contributed by atoms with van der Waals surface area (Å²) >= 11 is 0. The van der Waals surface area contributed by atoms with Crippen LogP contribution in [0.15, 0.2) is 36.5 Å². The van der Waals surface area contributed by atoms with Crippen molar-refractivity contribution >= 4 is 5.95 Å². The Hall–Kier alpha value is -1.77. The quantitative estimate of drug-likeness (QED) is 0.852. The van der Waals surface area contributed by atoms with Gasteiger partial charge in [-0.1, -0.05) is 37.3 Å². The van der Waals surface area contributed by atoms with Crippen LogP contribution in [-0.2, 0) is 6.42 Å². The van der Waals surface area contributed by atoms with Crippen LogP contribution in [0.3, 0.4) is 0 Å². The lowest BCUT2D eigenvalue weighted by Gasteiger charge is -2.17. The van der Waals surface area contributed by atoms with Crippen LogP contribution >= 0.6 is 0 Å². The summed E-state index contributed by atoms with van der Waals surface area (Å²) in [5, 5.41) is 3.40. The Morgan fingerprint density at radius 2 is 2.00 bits per heavy atom. The van der Waals surface area contributed by atoms with Gasteiger partial charge in [-0.05, 0) is 32.3 Å². The first-order valence-electron chi connectivity index (χ1n) is 7.04. The minimum atomic E-state index is 0.406. The number of aromatic nitrogens is 2. The average Bonchev–Trinajstić information content (AvgIpc) is 2.79. The second-order valence-corrected chi connectivity index (χ2v) is 5.08. The number of rotatable bonds is 6. The van der Waals surface area contributed by atoms with Crippen molar-refractivity contribution in [2.45, 2.75) is 39.7 Å². The number of imidazole rings is 1. The molecule has 0 aliphatic carbocycles. The zero-order valence-corrected chi connectivity index (χ0v) is 12.1. The van der Waals surface area contributed by atoms with Crippen molar-refractivity contribution in [3.8, 4) is 0 Å². The van der Waals surface area contributed by atoms with E-state index in [4.69, 9.17) is 0 Å². The molecule has 1 atom stereocenters. The minimum absolute atomic E-state index is 0.406. The molecule has 1 N–H and O–H groups in total. The van der Waals surface area contributed by atoms with E-state index in [0.29, 0.717) is 6.04 Å². The molecule has 2 rings (SSSR count). The van der Waals surface area contributed by atoms with Gasteiger partial charge in [-0.3, -0.25) is 0 Å². The van der Waals surface area contributed by atoms with E-state index in [2.05, 4.69) is 65.2 Å². The number of benzene rings is 1. The maximum absolute atomic E-state index is 4.56. The van der Waals surface area contributed by atoms with Crippen LogP contribution in [0, 0.1) is 6.92 Å². The molecule has 1 heterocycles. The fraction of sp³-hybridized carbons (Fsp3) is 0.438. The van der Waals surface area contributed by atoms with Crippen LogP contribution in [0.5, 0.6) is 0 Å². The molecule has 0 bridgehead atoms. The van der Waals surface area contributed by atoms with Crippen LogP contribution in [0.1, 0.15) is 37.6 Å². The largest absolute Gasteiger partial charge is 0.356 e. The molecule has 0 spiro atoms. The molecule has 1 unspecified atom stereocenters. The molecule has 0 amide bonds. The third kappa shape index (κ3) is 3.60. The summed E-state index contributed by atoms with van der Waals surface area (Å²) in [5.74, 6) is 0.989. The summed E-state index contributed by atoms with van der Waals surface area (Å²) in [4.78, 5) is 4.56. The fourth-order valence-corrected chi connectivity index (χ4v) is 2.27. The van der Waals surface area contributed by atoms with Gasteiger partial charge in [0.15, 0.2) is 0 Å². The lowest BCUT2D eigenvalue weighted by atomic mass is 10.1.